The number of ether oxygens (including phenoxy) is 2. The molecule has 3 rings (SSSR count). The summed E-state index contributed by atoms with van der Waals surface area (Å²) in [4.78, 5) is 21.0. The van der Waals surface area contributed by atoms with Crippen LogP contribution in [0.5, 0.6) is 5.75 Å². The van der Waals surface area contributed by atoms with Crippen molar-refractivity contribution in [2.24, 2.45) is 0 Å². The molecule has 0 N–H and O–H groups in total. The van der Waals surface area contributed by atoms with E-state index in [0.29, 0.717) is 18.1 Å². The second-order valence-corrected chi connectivity index (χ2v) is 5.85. The van der Waals surface area contributed by atoms with Crippen LogP contribution >= 0.6 is 0 Å². The lowest BCUT2D eigenvalue weighted by Crippen LogP contribution is -2.32. The highest BCUT2D eigenvalue weighted by Gasteiger charge is 2.19. The van der Waals surface area contributed by atoms with Crippen molar-refractivity contribution in [1.82, 2.24) is 9.97 Å². The number of pyridine rings is 2. The third kappa shape index (κ3) is 4.13. The van der Waals surface area contributed by atoms with Gasteiger partial charge in [0.2, 0.25) is 0 Å². The van der Waals surface area contributed by atoms with Crippen LogP contribution in [-0.2, 0) is 11.2 Å². The summed E-state index contributed by atoms with van der Waals surface area (Å²) in [6.07, 6.45) is 3.19. The van der Waals surface area contributed by atoms with Gasteiger partial charge in [0.1, 0.15) is 18.1 Å². The molecule has 1 fully saturated rings. The Bertz CT molecular complexity index is 694. The molecule has 1 atom stereocenters. The molecule has 23 heavy (non-hydrogen) atoms. The molecule has 5 nitrogen and oxygen atoms in total. The van der Waals surface area contributed by atoms with Crippen LogP contribution < -0.4 is 4.74 Å². The fourth-order valence-electron chi connectivity index (χ4n) is 2.33. The maximum Gasteiger partial charge on any atom is 0.187 e. The van der Waals surface area contributed by atoms with Crippen molar-refractivity contribution in [1.29, 1.82) is 0 Å². The van der Waals surface area contributed by atoms with E-state index in [0.717, 1.165) is 30.0 Å². The first-order chi connectivity index (χ1) is 11.1. The van der Waals surface area contributed by atoms with Crippen molar-refractivity contribution in [3.63, 3.8) is 0 Å². The summed E-state index contributed by atoms with van der Waals surface area (Å²) in [5.74, 6) is 0.600. The van der Waals surface area contributed by atoms with Crippen molar-refractivity contribution in [2.75, 3.05) is 13.2 Å². The van der Waals surface area contributed by atoms with Crippen LogP contribution in [0.25, 0.3) is 0 Å². The first-order valence-electron chi connectivity index (χ1n) is 7.78. The summed E-state index contributed by atoms with van der Waals surface area (Å²) >= 11 is 0. The number of aryl methyl sites for hydroxylation is 2. The first kappa shape index (κ1) is 15.6. The number of carbonyl (C=O) groups excluding carboxylic acids is 1. The third-order valence-corrected chi connectivity index (χ3v) is 3.76. The van der Waals surface area contributed by atoms with Crippen molar-refractivity contribution in [3.05, 3.63) is 53.1 Å². The van der Waals surface area contributed by atoms with Gasteiger partial charge in [0.05, 0.1) is 12.5 Å². The Hall–Kier alpha value is -2.27. The van der Waals surface area contributed by atoms with E-state index in [-0.39, 0.29) is 18.3 Å². The molecule has 1 unspecified atom stereocenters. The van der Waals surface area contributed by atoms with Gasteiger partial charge in [0.15, 0.2) is 5.78 Å². The highest BCUT2D eigenvalue weighted by molar-refractivity contribution is 5.95. The van der Waals surface area contributed by atoms with Gasteiger partial charge < -0.3 is 9.47 Å². The molecule has 0 aliphatic carbocycles. The largest absolute Gasteiger partial charge is 0.491 e. The number of Topliss-reactive ketones (excluding diaryl/α,β-unsaturated/α-hetero) is 1. The molecule has 0 amide bonds. The minimum atomic E-state index is -0.0604. The number of ketones is 1. The standard InChI is InChI=1S/C18H20N2O3/c1-12-3-4-14(19-10-12)8-18(21)17-9-16(7-13(2)20-17)23-11-15-5-6-22-15/h3-4,7,9-10,15H,5-6,8,11H2,1-2H3. The number of carbonyl (C=O) groups is 1. The molecule has 0 spiro atoms. The zero-order chi connectivity index (χ0) is 16.2. The number of aromatic nitrogens is 2. The van der Waals surface area contributed by atoms with E-state index in [1.807, 2.05) is 32.0 Å². The average Bonchev–Trinajstić information content (AvgIpc) is 2.47. The van der Waals surface area contributed by atoms with Gasteiger partial charge in [-0.25, -0.2) is 4.98 Å². The van der Waals surface area contributed by atoms with Crippen molar-refractivity contribution in [2.45, 2.75) is 32.8 Å². The van der Waals surface area contributed by atoms with Crippen molar-refractivity contribution in [3.8, 4) is 5.75 Å². The summed E-state index contributed by atoms with van der Waals surface area (Å²) < 4.78 is 11.0. The lowest BCUT2D eigenvalue weighted by molar-refractivity contribution is -0.0721. The van der Waals surface area contributed by atoms with Crippen LogP contribution in [0.2, 0.25) is 0 Å². The van der Waals surface area contributed by atoms with Gasteiger partial charge in [-0.3, -0.25) is 9.78 Å². The zero-order valence-electron chi connectivity index (χ0n) is 13.4. The Morgan fingerprint density at radius 3 is 2.83 bits per heavy atom. The molecule has 1 aliphatic rings. The molecule has 5 heteroatoms. The highest BCUT2D eigenvalue weighted by Crippen LogP contribution is 2.18. The minimum Gasteiger partial charge on any atom is -0.491 e. The fraction of sp³-hybridized carbons (Fsp3) is 0.389. The number of hydrogen-bond acceptors (Lipinski definition) is 5. The van der Waals surface area contributed by atoms with Crippen LogP contribution in [-0.4, -0.2) is 35.1 Å². The maximum atomic E-state index is 12.4. The molecule has 3 heterocycles. The van der Waals surface area contributed by atoms with E-state index < -0.39 is 0 Å². The summed E-state index contributed by atoms with van der Waals surface area (Å²) in [6.45, 7) is 5.14. The summed E-state index contributed by atoms with van der Waals surface area (Å²) in [5.41, 5.74) is 2.99. The quantitative estimate of drug-likeness (QED) is 0.768. The predicted octanol–water partition coefficient (Wildman–Crippen LogP) is 2.69. The molecule has 0 saturated carbocycles. The number of rotatable bonds is 6. The molecular weight excluding hydrogens is 292 g/mol. The van der Waals surface area contributed by atoms with Gasteiger partial charge in [-0.05, 0) is 25.5 Å². The van der Waals surface area contributed by atoms with Gasteiger partial charge >= 0.3 is 0 Å². The lowest BCUT2D eigenvalue weighted by atomic mass is 10.1. The van der Waals surface area contributed by atoms with Crippen molar-refractivity contribution >= 4 is 5.78 Å². The molecule has 0 bridgehead atoms. The van der Waals surface area contributed by atoms with Crippen molar-refractivity contribution < 1.29 is 14.3 Å². The van der Waals surface area contributed by atoms with Crippen LogP contribution in [0.3, 0.4) is 0 Å². The molecule has 120 valence electrons. The molecule has 0 radical (unpaired) electrons. The molecular formula is C18H20N2O3. The second-order valence-electron chi connectivity index (χ2n) is 5.85. The van der Waals surface area contributed by atoms with Gasteiger partial charge in [-0.2, -0.15) is 0 Å². The van der Waals surface area contributed by atoms with E-state index >= 15 is 0 Å². The van der Waals surface area contributed by atoms with E-state index in [2.05, 4.69) is 9.97 Å². The highest BCUT2D eigenvalue weighted by atomic mass is 16.5. The molecule has 1 aliphatic heterocycles. The number of nitrogens with zero attached hydrogens (tertiary/aromatic N) is 2. The van der Waals surface area contributed by atoms with Crippen LogP contribution in [0.1, 0.15) is 33.9 Å². The predicted molar refractivity (Wildman–Crippen MR) is 85.8 cm³/mol. The van der Waals surface area contributed by atoms with Gasteiger partial charge in [0.25, 0.3) is 0 Å². The smallest absolute Gasteiger partial charge is 0.187 e. The zero-order valence-corrected chi connectivity index (χ0v) is 13.4. The minimum absolute atomic E-state index is 0.0604. The Morgan fingerprint density at radius 1 is 1.35 bits per heavy atom. The van der Waals surface area contributed by atoms with Crippen LogP contribution in [0, 0.1) is 13.8 Å². The maximum absolute atomic E-state index is 12.4. The molecule has 0 aromatic carbocycles. The molecule has 2 aromatic heterocycles. The van der Waals surface area contributed by atoms with E-state index in [4.69, 9.17) is 9.47 Å². The fourth-order valence-corrected chi connectivity index (χ4v) is 2.33. The van der Waals surface area contributed by atoms with Gasteiger partial charge in [-0.15, -0.1) is 0 Å². The SMILES string of the molecule is Cc1ccc(CC(=O)c2cc(OCC3CCO3)cc(C)n2)nc1. The van der Waals surface area contributed by atoms with Crippen LogP contribution in [0.4, 0.5) is 0 Å². The summed E-state index contributed by atoms with van der Waals surface area (Å²) in [5, 5.41) is 0. The van der Waals surface area contributed by atoms with Gasteiger partial charge in [-0.1, -0.05) is 6.07 Å². The Balaban J connectivity index is 1.68. The van der Waals surface area contributed by atoms with E-state index in [9.17, 15) is 4.79 Å². The van der Waals surface area contributed by atoms with E-state index in [1.54, 1.807) is 12.3 Å². The molecule has 2 aromatic rings. The third-order valence-electron chi connectivity index (χ3n) is 3.76. The average molecular weight is 312 g/mol. The number of hydrogen-bond donors (Lipinski definition) is 0. The summed E-state index contributed by atoms with van der Waals surface area (Å²) in [6, 6.07) is 7.35. The Morgan fingerprint density at radius 2 is 2.17 bits per heavy atom. The Kier molecular flexibility index (Phi) is 4.67. The summed E-state index contributed by atoms with van der Waals surface area (Å²) in [7, 11) is 0. The van der Waals surface area contributed by atoms with Gasteiger partial charge in [0, 0.05) is 42.7 Å². The van der Waals surface area contributed by atoms with E-state index in [1.165, 1.54) is 0 Å². The monoisotopic (exact) mass is 312 g/mol. The normalized spacial score (nSPS) is 16.7. The molecule has 1 saturated heterocycles. The topological polar surface area (TPSA) is 61.3 Å². The Labute approximate surface area is 135 Å². The second kappa shape index (κ2) is 6.87. The first-order valence-corrected chi connectivity index (χ1v) is 7.78. The lowest BCUT2D eigenvalue weighted by Gasteiger charge is -2.26. The van der Waals surface area contributed by atoms with Crippen LogP contribution in [0.15, 0.2) is 30.5 Å².